The molecule has 1 aliphatic heterocycles. The van der Waals surface area contributed by atoms with Crippen molar-refractivity contribution in [2.45, 2.75) is 32.9 Å². The van der Waals surface area contributed by atoms with Gasteiger partial charge in [-0.2, -0.15) is 0 Å². The quantitative estimate of drug-likeness (QED) is 0.389. The summed E-state index contributed by atoms with van der Waals surface area (Å²) < 4.78 is 10.6. The second kappa shape index (κ2) is 8.93. The van der Waals surface area contributed by atoms with Crippen molar-refractivity contribution in [3.8, 4) is 0 Å². The molecule has 0 aliphatic carbocycles. The van der Waals surface area contributed by atoms with E-state index < -0.39 is 46.3 Å². The van der Waals surface area contributed by atoms with Crippen LogP contribution in [0.3, 0.4) is 0 Å². The summed E-state index contributed by atoms with van der Waals surface area (Å²) in [4.78, 5) is 61.8. The van der Waals surface area contributed by atoms with Crippen molar-refractivity contribution < 1.29 is 28.8 Å². The summed E-state index contributed by atoms with van der Waals surface area (Å²) in [5, 5.41) is 11.1. The van der Waals surface area contributed by atoms with E-state index in [0.717, 1.165) is 23.9 Å². The Labute approximate surface area is 172 Å². The molecule has 0 bridgehead atoms. The normalized spacial score (nSPS) is 14.3. The van der Waals surface area contributed by atoms with Gasteiger partial charge < -0.3 is 19.3 Å². The summed E-state index contributed by atoms with van der Waals surface area (Å²) in [6, 6.07) is 0.814. The molecule has 2 amide bonds. The SMILES string of the molecule is COC(=O)c1cc([N+](=O)[O-])c(=O)n(CC(=O)N2CCN(C(=O)OC(C)(C)C)CC2)c1. The number of hydrogen-bond acceptors (Lipinski definition) is 8. The van der Waals surface area contributed by atoms with Gasteiger partial charge in [0, 0.05) is 38.4 Å². The molecule has 0 saturated carbocycles. The van der Waals surface area contributed by atoms with Crippen LogP contribution in [-0.2, 0) is 20.8 Å². The number of nitrogens with zero attached hydrogens (tertiary/aromatic N) is 4. The van der Waals surface area contributed by atoms with Gasteiger partial charge in [-0.1, -0.05) is 0 Å². The predicted octanol–water partition coefficient (Wildman–Crippen LogP) is 0.622. The Morgan fingerprint density at radius 2 is 1.70 bits per heavy atom. The number of amides is 2. The number of ether oxygens (including phenoxy) is 2. The van der Waals surface area contributed by atoms with Crippen molar-refractivity contribution in [2.75, 3.05) is 33.3 Å². The largest absolute Gasteiger partial charge is 0.465 e. The molecule has 1 aromatic heterocycles. The number of carbonyl (C=O) groups excluding carboxylic acids is 3. The molecule has 12 nitrogen and oxygen atoms in total. The minimum atomic E-state index is -1.01. The van der Waals surface area contributed by atoms with Crippen LogP contribution in [0.4, 0.5) is 10.5 Å². The molecule has 0 aromatic carbocycles. The standard InChI is InChI=1S/C18H24N4O8/c1-18(2,3)30-17(26)20-7-5-19(6-8-20)14(23)11-21-10-12(16(25)29-4)9-13(15(21)24)22(27)28/h9-10H,5-8,11H2,1-4H3. The predicted molar refractivity (Wildman–Crippen MR) is 103 cm³/mol. The number of rotatable bonds is 4. The van der Waals surface area contributed by atoms with Crippen LogP contribution < -0.4 is 5.56 Å². The zero-order valence-corrected chi connectivity index (χ0v) is 17.2. The van der Waals surface area contributed by atoms with Gasteiger partial charge in [-0.3, -0.25) is 24.3 Å². The number of piperazine rings is 1. The monoisotopic (exact) mass is 424 g/mol. The van der Waals surface area contributed by atoms with Gasteiger partial charge in [0.25, 0.3) is 0 Å². The summed E-state index contributed by atoms with van der Waals surface area (Å²) in [7, 11) is 1.10. The van der Waals surface area contributed by atoms with Crippen LogP contribution in [0.2, 0.25) is 0 Å². The van der Waals surface area contributed by atoms with Crippen LogP contribution in [0.5, 0.6) is 0 Å². The Balaban J connectivity index is 2.11. The molecule has 2 rings (SSSR count). The Hall–Kier alpha value is -3.44. The Kier molecular flexibility index (Phi) is 6.80. The highest BCUT2D eigenvalue weighted by atomic mass is 16.6. The maximum Gasteiger partial charge on any atom is 0.410 e. The molecule has 0 unspecified atom stereocenters. The van der Waals surface area contributed by atoms with Crippen molar-refractivity contribution in [3.05, 3.63) is 38.3 Å². The molecule has 1 saturated heterocycles. The Morgan fingerprint density at radius 3 is 2.20 bits per heavy atom. The third-order valence-corrected chi connectivity index (χ3v) is 4.27. The van der Waals surface area contributed by atoms with E-state index in [-0.39, 0.29) is 31.7 Å². The molecule has 0 spiro atoms. The van der Waals surface area contributed by atoms with Crippen LogP contribution in [0.25, 0.3) is 0 Å². The maximum absolute atomic E-state index is 12.6. The molecule has 0 atom stereocenters. The van der Waals surface area contributed by atoms with E-state index >= 15 is 0 Å². The van der Waals surface area contributed by atoms with E-state index in [1.54, 1.807) is 20.8 Å². The highest BCUT2D eigenvalue weighted by Gasteiger charge is 2.28. The molecule has 0 N–H and O–H groups in total. The van der Waals surface area contributed by atoms with Gasteiger partial charge in [0.1, 0.15) is 12.1 Å². The van der Waals surface area contributed by atoms with E-state index in [9.17, 15) is 29.3 Å². The van der Waals surface area contributed by atoms with Gasteiger partial charge >= 0.3 is 23.3 Å². The average molecular weight is 424 g/mol. The minimum Gasteiger partial charge on any atom is -0.465 e. The van der Waals surface area contributed by atoms with Crippen molar-refractivity contribution in [3.63, 3.8) is 0 Å². The molecular formula is C18H24N4O8. The first-order valence-electron chi connectivity index (χ1n) is 9.16. The summed E-state index contributed by atoms with van der Waals surface area (Å²) in [6.07, 6.45) is 0.572. The maximum atomic E-state index is 12.6. The number of hydrogen-bond donors (Lipinski definition) is 0. The number of esters is 1. The number of methoxy groups -OCH3 is 1. The lowest BCUT2D eigenvalue weighted by atomic mass is 10.2. The summed E-state index contributed by atoms with van der Waals surface area (Å²) in [5.74, 6) is -1.34. The summed E-state index contributed by atoms with van der Waals surface area (Å²) in [5.41, 5.74) is -2.69. The van der Waals surface area contributed by atoms with E-state index in [1.165, 1.54) is 9.80 Å². The fourth-order valence-electron chi connectivity index (χ4n) is 2.81. The van der Waals surface area contributed by atoms with Gasteiger partial charge in [-0.05, 0) is 20.8 Å². The third-order valence-electron chi connectivity index (χ3n) is 4.27. The van der Waals surface area contributed by atoms with Crippen LogP contribution in [-0.4, -0.2) is 76.1 Å². The lowest BCUT2D eigenvalue weighted by molar-refractivity contribution is -0.386. The molecule has 0 radical (unpaired) electrons. The Bertz CT molecular complexity index is 910. The number of pyridine rings is 1. The fraction of sp³-hybridized carbons (Fsp3) is 0.556. The van der Waals surface area contributed by atoms with E-state index in [2.05, 4.69) is 4.74 Å². The Morgan fingerprint density at radius 1 is 1.13 bits per heavy atom. The summed E-state index contributed by atoms with van der Waals surface area (Å²) >= 11 is 0. The zero-order valence-electron chi connectivity index (χ0n) is 17.2. The highest BCUT2D eigenvalue weighted by molar-refractivity contribution is 5.89. The lowest BCUT2D eigenvalue weighted by Gasteiger charge is -2.35. The van der Waals surface area contributed by atoms with Crippen molar-refractivity contribution >= 4 is 23.7 Å². The summed E-state index contributed by atoms with van der Waals surface area (Å²) in [6.45, 7) is 5.70. The molecule has 1 aromatic rings. The number of carbonyl (C=O) groups is 3. The fourth-order valence-corrected chi connectivity index (χ4v) is 2.81. The van der Waals surface area contributed by atoms with E-state index in [0.29, 0.717) is 0 Å². The first kappa shape index (κ1) is 22.8. The highest BCUT2D eigenvalue weighted by Crippen LogP contribution is 2.13. The topological polar surface area (TPSA) is 141 Å². The number of aromatic nitrogens is 1. The second-order valence-corrected chi connectivity index (χ2v) is 7.64. The molecule has 2 heterocycles. The van der Waals surface area contributed by atoms with Crippen LogP contribution in [0.1, 0.15) is 31.1 Å². The van der Waals surface area contributed by atoms with E-state index in [1.807, 2.05) is 0 Å². The molecule has 30 heavy (non-hydrogen) atoms. The second-order valence-electron chi connectivity index (χ2n) is 7.64. The van der Waals surface area contributed by atoms with Gasteiger partial charge in [0.2, 0.25) is 5.91 Å². The van der Waals surface area contributed by atoms with Crippen molar-refractivity contribution in [1.29, 1.82) is 0 Å². The molecule has 12 heteroatoms. The minimum absolute atomic E-state index is 0.214. The van der Waals surface area contributed by atoms with Gasteiger partial charge in [0.05, 0.1) is 17.6 Å². The van der Waals surface area contributed by atoms with E-state index in [4.69, 9.17) is 4.74 Å². The smallest absolute Gasteiger partial charge is 0.410 e. The molecule has 164 valence electrons. The average Bonchev–Trinajstić information content (AvgIpc) is 2.67. The molecule has 1 aliphatic rings. The first-order valence-corrected chi connectivity index (χ1v) is 9.16. The lowest BCUT2D eigenvalue weighted by Crippen LogP contribution is -2.52. The zero-order chi connectivity index (χ0) is 22.6. The molecule has 1 fully saturated rings. The van der Waals surface area contributed by atoms with Crippen LogP contribution in [0, 0.1) is 10.1 Å². The van der Waals surface area contributed by atoms with Gasteiger partial charge in [-0.15, -0.1) is 0 Å². The van der Waals surface area contributed by atoms with Gasteiger partial charge in [0.15, 0.2) is 0 Å². The van der Waals surface area contributed by atoms with Crippen molar-refractivity contribution in [2.24, 2.45) is 0 Å². The number of nitro groups is 1. The van der Waals surface area contributed by atoms with Crippen LogP contribution >= 0.6 is 0 Å². The first-order chi connectivity index (χ1) is 13.9. The van der Waals surface area contributed by atoms with Gasteiger partial charge in [-0.25, -0.2) is 9.59 Å². The molecular weight excluding hydrogens is 400 g/mol. The third kappa shape index (κ3) is 5.55. The van der Waals surface area contributed by atoms with Crippen molar-refractivity contribution in [1.82, 2.24) is 14.4 Å². The van der Waals surface area contributed by atoms with Crippen LogP contribution in [0.15, 0.2) is 17.1 Å².